The van der Waals surface area contributed by atoms with E-state index in [0.29, 0.717) is 13.1 Å². The van der Waals surface area contributed by atoms with Gasteiger partial charge in [0.1, 0.15) is 0 Å². The maximum Gasteiger partial charge on any atom is 0.316 e. The summed E-state index contributed by atoms with van der Waals surface area (Å²) < 4.78 is 0. The van der Waals surface area contributed by atoms with Gasteiger partial charge in [0.15, 0.2) is 0 Å². The number of hydrogen-bond acceptors (Lipinski definition) is 3. The Bertz CT molecular complexity index is 229. The third kappa shape index (κ3) is 8.05. The van der Waals surface area contributed by atoms with Crippen LogP contribution in [0.2, 0.25) is 0 Å². The van der Waals surface area contributed by atoms with E-state index in [1.54, 1.807) is 14.1 Å². The van der Waals surface area contributed by atoms with E-state index in [1.165, 1.54) is 4.90 Å². The van der Waals surface area contributed by atoms with Crippen LogP contribution in [0, 0.1) is 0 Å². The first-order chi connectivity index (χ1) is 7.43. The van der Waals surface area contributed by atoms with Crippen molar-refractivity contribution < 1.29 is 9.59 Å². The van der Waals surface area contributed by atoms with Gasteiger partial charge in [-0.3, -0.25) is 4.79 Å². The lowest BCUT2D eigenvalue weighted by atomic mass is 10.4. The Hall–Kier alpha value is -1.30. The SMILES string of the molecule is CC(C)NC(=O)CNCCNC(=O)N(C)C. The van der Waals surface area contributed by atoms with Gasteiger partial charge in [0, 0.05) is 33.2 Å². The van der Waals surface area contributed by atoms with Crippen molar-refractivity contribution in [2.45, 2.75) is 19.9 Å². The number of nitrogens with zero attached hydrogens (tertiary/aromatic N) is 1. The molecule has 0 heterocycles. The molecule has 0 bridgehead atoms. The molecule has 94 valence electrons. The van der Waals surface area contributed by atoms with Crippen molar-refractivity contribution >= 4 is 11.9 Å². The molecule has 0 aliphatic carbocycles. The van der Waals surface area contributed by atoms with Crippen LogP contribution in [0.3, 0.4) is 0 Å². The topological polar surface area (TPSA) is 73.5 Å². The summed E-state index contributed by atoms with van der Waals surface area (Å²) in [6, 6.07) is 0.0242. The second-order valence-electron chi connectivity index (χ2n) is 4.03. The van der Waals surface area contributed by atoms with Gasteiger partial charge >= 0.3 is 6.03 Å². The van der Waals surface area contributed by atoms with Gasteiger partial charge in [0.2, 0.25) is 5.91 Å². The van der Waals surface area contributed by atoms with Gasteiger partial charge < -0.3 is 20.9 Å². The van der Waals surface area contributed by atoms with Crippen LogP contribution < -0.4 is 16.0 Å². The van der Waals surface area contributed by atoms with E-state index >= 15 is 0 Å². The fourth-order valence-corrected chi connectivity index (χ4v) is 0.991. The van der Waals surface area contributed by atoms with Crippen LogP contribution in [0.1, 0.15) is 13.8 Å². The third-order valence-electron chi connectivity index (χ3n) is 1.72. The zero-order valence-corrected chi connectivity index (χ0v) is 10.5. The Morgan fingerprint density at radius 2 is 1.81 bits per heavy atom. The average molecular weight is 230 g/mol. The molecule has 0 saturated heterocycles. The zero-order valence-electron chi connectivity index (χ0n) is 10.5. The number of carbonyl (C=O) groups is 2. The molecule has 0 radical (unpaired) electrons. The second-order valence-corrected chi connectivity index (χ2v) is 4.03. The van der Waals surface area contributed by atoms with Crippen LogP contribution in [-0.4, -0.2) is 56.6 Å². The maximum atomic E-state index is 11.2. The van der Waals surface area contributed by atoms with Crippen LogP contribution >= 0.6 is 0 Å². The van der Waals surface area contributed by atoms with E-state index in [4.69, 9.17) is 0 Å². The largest absolute Gasteiger partial charge is 0.353 e. The first-order valence-electron chi connectivity index (χ1n) is 5.38. The lowest BCUT2D eigenvalue weighted by molar-refractivity contribution is -0.120. The molecule has 3 N–H and O–H groups in total. The molecular weight excluding hydrogens is 208 g/mol. The smallest absolute Gasteiger partial charge is 0.316 e. The van der Waals surface area contributed by atoms with Crippen molar-refractivity contribution in [3.05, 3.63) is 0 Å². The molecular formula is C10H22N4O2. The first kappa shape index (κ1) is 14.7. The Morgan fingerprint density at radius 1 is 1.19 bits per heavy atom. The van der Waals surface area contributed by atoms with E-state index in [9.17, 15) is 9.59 Å². The summed E-state index contributed by atoms with van der Waals surface area (Å²) in [5, 5.41) is 8.39. The standard InChI is InChI=1S/C10H22N4O2/c1-8(2)13-9(15)7-11-5-6-12-10(16)14(3)4/h8,11H,5-7H2,1-4H3,(H,12,16)(H,13,15). The molecule has 0 aromatic heterocycles. The van der Waals surface area contributed by atoms with Crippen molar-refractivity contribution in [1.29, 1.82) is 0 Å². The zero-order chi connectivity index (χ0) is 12.6. The molecule has 0 rings (SSSR count). The van der Waals surface area contributed by atoms with Gasteiger partial charge in [-0.15, -0.1) is 0 Å². The minimum Gasteiger partial charge on any atom is -0.353 e. The molecule has 0 aliphatic rings. The summed E-state index contributed by atoms with van der Waals surface area (Å²) >= 11 is 0. The summed E-state index contributed by atoms with van der Waals surface area (Å²) in [4.78, 5) is 23.7. The van der Waals surface area contributed by atoms with Gasteiger partial charge in [-0.05, 0) is 13.8 Å². The molecule has 0 aliphatic heterocycles. The van der Waals surface area contributed by atoms with Gasteiger partial charge in [-0.1, -0.05) is 0 Å². The van der Waals surface area contributed by atoms with Crippen molar-refractivity contribution in [2.24, 2.45) is 0 Å². The molecule has 0 unspecified atom stereocenters. The quantitative estimate of drug-likeness (QED) is 0.532. The summed E-state index contributed by atoms with van der Waals surface area (Å²) in [5.41, 5.74) is 0. The molecule has 0 atom stereocenters. The van der Waals surface area contributed by atoms with Gasteiger partial charge in [0.25, 0.3) is 0 Å². The Balaban J connectivity index is 3.40. The highest BCUT2D eigenvalue weighted by atomic mass is 16.2. The molecule has 0 saturated carbocycles. The highest BCUT2D eigenvalue weighted by Crippen LogP contribution is 1.76. The monoisotopic (exact) mass is 230 g/mol. The molecule has 6 heteroatoms. The number of carbonyl (C=O) groups excluding carboxylic acids is 2. The predicted molar refractivity (Wildman–Crippen MR) is 63.2 cm³/mol. The highest BCUT2D eigenvalue weighted by Gasteiger charge is 2.03. The minimum atomic E-state index is -0.131. The summed E-state index contributed by atoms with van der Waals surface area (Å²) in [7, 11) is 3.36. The van der Waals surface area contributed by atoms with Gasteiger partial charge in [-0.2, -0.15) is 0 Å². The van der Waals surface area contributed by atoms with Crippen molar-refractivity contribution in [3.63, 3.8) is 0 Å². The van der Waals surface area contributed by atoms with E-state index in [0.717, 1.165) is 0 Å². The van der Waals surface area contributed by atoms with E-state index in [-0.39, 0.29) is 24.5 Å². The molecule has 0 aromatic carbocycles. The second kappa shape index (κ2) is 7.92. The normalized spacial score (nSPS) is 10.1. The number of hydrogen-bond donors (Lipinski definition) is 3. The van der Waals surface area contributed by atoms with Gasteiger partial charge in [-0.25, -0.2) is 4.79 Å². The lowest BCUT2D eigenvalue weighted by Crippen LogP contribution is -2.42. The lowest BCUT2D eigenvalue weighted by Gasteiger charge is -2.12. The maximum absolute atomic E-state index is 11.2. The number of amides is 3. The van der Waals surface area contributed by atoms with Crippen LogP contribution in [0.5, 0.6) is 0 Å². The number of nitrogens with one attached hydrogen (secondary N) is 3. The van der Waals surface area contributed by atoms with Crippen molar-refractivity contribution in [2.75, 3.05) is 33.7 Å². The first-order valence-corrected chi connectivity index (χ1v) is 5.38. The Morgan fingerprint density at radius 3 is 2.31 bits per heavy atom. The molecule has 0 fully saturated rings. The van der Waals surface area contributed by atoms with Gasteiger partial charge in [0.05, 0.1) is 6.54 Å². The van der Waals surface area contributed by atoms with E-state index in [1.807, 2.05) is 13.8 Å². The highest BCUT2D eigenvalue weighted by molar-refractivity contribution is 5.78. The molecule has 0 aromatic rings. The van der Waals surface area contributed by atoms with E-state index in [2.05, 4.69) is 16.0 Å². The van der Waals surface area contributed by atoms with Crippen LogP contribution in [0.25, 0.3) is 0 Å². The van der Waals surface area contributed by atoms with Crippen molar-refractivity contribution in [1.82, 2.24) is 20.9 Å². The Kier molecular flexibility index (Phi) is 7.28. The van der Waals surface area contributed by atoms with Crippen LogP contribution in [0.15, 0.2) is 0 Å². The van der Waals surface area contributed by atoms with Crippen molar-refractivity contribution in [3.8, 4) is 0 Å². The fraction of sp³-hybridized carbons (Fsp3) is 0.800. The molecule has 3 amide bonds. The number of urea groups is 1. The predicted octanol–water partition coefficient (Wildman–Crippen LogP) is -0.628. The van der Waals surface area contributed by atoms with E-state index < -0.39 is 0 Å². The van der Waals surface area contributed by atoms with Crippen LogP contribution in [0.4, 0.5) is 4.79 Å². The molecule has 16 heavy (non-hydrogen) atoms. The minimum absolute atomic E-state index is 0.0334. The summed E-state index contributed by atoms with van der Waals surface area (Å²) in [6.45, 7) is 5.18. The molecule has 6 nitrogen and oxygen atoms in total. The number of rotatable bonds is 6. The third-order valence-corrected chi connectivity index (χ3v) is 1.72. The Labute approximate surface area is 96.8 Å². The summed E-state index contributed by atoms with van der Waals surface area (Å²) in [6.07, 6.45) is 0. The van der Waals surface area contributed by atoms with Crippen LogP contribution in [-0.2, 0) is 4.79 Å². The average Bonchev–Trinajstić information content (AvgIpc) is 2.15. The summed E-state index contributed by atoms with van der Waals surface area (Å²) in [5.74, 6) is -0.0334. The molecule has 0 spiro atoms. The fourth-order valence-electron chi connectivity index (χ4n) is 0.991.